The van der Waals surface area contributed by atoms with Crippen molar-refractivity contribution >= 4 is 9.84 Å². The lowest BCUT2D eigenvalue weighted by Crippen LogP contribution is -2.59. The first-order valence-corrected chi connectivity index (χ1v) is 8.56. The number of hydrogen-bond acceptors (Lipinski definition) is 4. The standard InChI is InChI=1S/C14H27NO3S/c1-12(2,3)14(6-7-14)19(17,18)13(4,5)10-15-8-11(16)9-15/h11,16H,6-10H2,1-5H3. The molecule has 1 aliphatic heterocycles. The van der Waals surface area contributed by atoms with E-state index in [1.165, 1.54) is 0 Å². The van der Waals surface area contributed by atoms with Gasteiger partial charge in [-0.2, -0.15) is 0 Å². The summed E-state index contributed by atoms with van der Waals surface area (Å²) in [5, 5.41) is 9.33. The molecule has 1 saturated heterocycles. The van der Waals surface area contributed by atoms with Gasteiger partial charge in [-0.1, -0.05) is 20.8 Å². The molecule has 0 spiro atoms. The number of β-amino-alcohol motifs (C(OH)–C–C–N with tert-alkyl or cyclic N) is 1. The lowest BCUT2D eigenvalue weighted by molar-refractivity contribution is -0.00198. The van der Waals surface area contributed by atoms with Gasteiger partial charge in [-0.25, -0.2) is 8.42 Å². The van der Waals surface area contributed by atoms with Gasteiger partial charge < -0.3 is 5.11 Å². The lowest BCUT2D eigenvalue weighted by Gasteiger charge is -2.43. The topological polar surface area (TPSA) is 57.6 Å². The molecule has 4 nitrogen and oxygen atoms in total. The third-order valence-corrected chi connectivity index (χ3v) is 8.49. The maximum absolute atomic E-state index is 13.1. The fourth-order valence-electron chi connectivity index (χ4n) is 3.36. The van der Waals surface area contributed by atoms with Crippen LogP contribution in [0.5, 0.6) is 0 Å². The summed E-state index contributed by atoms with van der Waals surface area (Å²) in [6.45, 7) is 11.5. The first-order chi connectivity index (χ1) is 8.43. The van der Waals surface area contributed by atoms with Crippen LogP contribution >= 0.6 is 0 Å². The molecule has 2 rings (SSSR count). The summed E-state index contributed by atoms with van der Waals surface area (Å²) in [5.74, 6) is 0. The molecule has 2 aliphatic rings. The molecule has 0 bridgehead atoms. The van der Waals surface area contributed by atoms with Crippen LogP contribution in [0.2, 0.25) is 0 Å². The Morgan fingerprint density at radius 3 is 1.95 bits per heavy atom. The van der Waals surface area contributed by atoms with Crippen LogP contribution in [0.4, 0.5) is 0 Å². The van der Waals surface area contributed by atoms with E-state index >= 15 is 0 Å². The molecule has 0 unspecified atom stereocenters. The monoisotopic (exact) mass is 289 g/mol. The molecule has 19 heavy (non-hydrogen) atoms. The van der Waals surface area contributed by atoms with Crippen molar-refractivity contribution in [1.29, 1.82) is 0 Å². The van der Waals surface area contributed by atoms with E-state index in [2.05, 4.69) is 0 Å². The van der Waals surface area contributed by atoms with Crippen LogP contribution in [0.1, 0.15) is 47.5 Å². The van der Waals surface area contributed by atoms with Gasteiger partial charge in [0.2, 0.25) is 0 Å². The van der Waals surface area contributed by atoms with E-state index in [0.717, 1.165) is 12.8 Å². The van der Waals surface area contributed by atoms with Crippen LogP contribution < -0.4 is 0 Å². The second kappa shape index (κ2) is 4.18. The smallest absolute Gasteiger partial charge is 0.162 e. The summed E-state index contributed by atoms with van der Waals surface area (Å²) in [4.78, 5) is 2.03. The van der Waals surface area contributed by atoms with Crippen molar-refractivity contribution < 1.29 is 13.5 Å². The van der Waals surface area contributed by atoms with Crippen molar-refractivity contribution in [3.8, 4) is 0 Å². The first-order valence-electron chi connectivity index (χ1n) is 7.08. The average Bonchev–Trinajstić information content (AvgIpc) is 2.93. The zero-order valence-electron chi connectivity index (χ0n) is 12.7. The number of aliphatic hydroxyl groups excluding tert-OH is 1. The number of hydrogen-bond donors (Lipinski definition) is 1. The van der Waals surface area contributed by atoms with E-state index in [-0.39, 0.29) is 11.5 Å². The Bertz CT molecular complexity index is 452. The van der Waals surface area contributed by atoms with Gasteiger partial charge >= 0.3 is 0 Å². The Morgan fingerprint density at radius 2 is 1.63 bits per heavy atom. The predicted molar refractivity (Wildman–Crippen MR) is 76.9 cm³/mol. The number of nitrogens with zero attached hydrogens (tertiary/aromatic N) is 1. The number of likely N-dealkylation sites (tertiary alicyclic amines) is 1. The zero-order chi connectivity index (χ0) is 14.7. The number of sulfone groups is 1. The van der Waals surface area contributed by atoms with Crippen molar-refractivity contribution in [2.75, 3.05) is 19.6 Å². The van der Waals surface area contributed by atoms with Crippen molar-refractivity contribution in [2.24, 2.45) is 5.41 Å². The lowest BCUT2D eigenvalue weighted by atomic mass is 9.89. The van der Waals surface area contributed by atoms with Gasteiger partial charge in [0, 0.05) is 19.6 Å². The molecule has 0 atom stereocenters. The SMILES string of the molecule is CC(C)(C)C1(S(=O)(=O)C(C)(C)CN2CC(O)C2)CC1. The molecule has 1 heterocycles. The molecular weight excluding hydrogens is 262 g/mol. The molecule has 112 valence electrons. The Morgan fingerprint density at radius 1 is 1.16 bits per heavy atom. The average molecular weight is 289 g/mol. The van der Waals surface area contributed by atoms with Gasteiger partial charge in [-0.3, -0.25) is 4.90 Å². The minimum absolute atomic E-state index is 0.211. The Labute approximate surface area is 117 Å². The van der Waals surface area contributed by atoms with Crippen LogP contribution in [0.15, 0.2) is 0 Å². The summed E-state index contributed by atoms with van der Waals surface area (Å²) < 4.78 is 24.8. The molecule has 0 aromatic heterocycles. The van der Waals surface area contributed by atoms with Gasteiger partial charge in [0.15, 0.2) is 9.84 Å². The van der Waals surface area contributed by atoms with Crippen LogP contribution in [-0.2, 0) is 9.84 Å². The molecule has 1 saturated carbocycles. The highest BCUT2D eigenvalue weighted by Crippen LogP contribution is 2.58. The van der Waals surface area contributed by atoms with E-state index in [9.17, 15) is 13.5 Å². The summed E-state index contributed by atoms with van der Waals surface area (Å²) in [7, 11) is -3.20. The van der Waals surface area contributed by atoms with Gasteiger partial charge in [0.25, 0.3) is 0 Å². The molecular formula is C14H27NO3S. The number of rotatable bonds is 4. The molecule has 2 fully saturated rings. The van der Waals surface area contributed by atoms with Crippen LogP contribution in [0.3, 0.4) is 0 Å². The van der Waals surface area contributed by atoms with Crippen molar-refractivity contribution in [2.45, 2.75) is 63.1 Å². The van der Waals surface area contributed by atoms with Crippen LogP contribution in [0.25, 0.3) is 0 Å². The van der Waals surface area contributed by atoms with Gasteiger partial charge in [0.1, 0.15) is 0 Å². The first kappa shape index (κ1) is 15.3. The summed E-state index contributed by atoms with van der Waals surface area (Å²) in [6, 6.07) is 0. The van der Waals surface area contributed by atoms with E-state index in [4.69, 9.17) is 0 Å². The molecule has 0 amide bonds. The summed E-state index contributed by atoms with van der Waals surface area (Å²) >= 11 is 0. The van der Waals surface area contributed by atoms with E-state index in [0.29, 0.717) is 19.6 Å². The van der Waals surface area contributed by atoms with E-state index in [1.54, 1.807) is 0 Å². The second-order valence-electron chi connectivity index (χ2n) is 7.86. The minimum Gasteiger partial charge on any atom is -0.390 e. The van der Waals surface area contributed by atoms with Crippen LogP contribution in [0, 0.1) is 5.41 Å². The molecule has 1 N–H and O–H groups in total. The summed E-state index contributed by atoms with van der Waals surface area (Å²) in [6.07, 6.45) is 1.28. The fourth-order valence-corrected chi connectivity index (χ4v) is 6.22. The Hall–Kier alpha value is -0.130. The Kier molecular flexibility index (Phi) is 3.36. The summed E-state index contributed by atoms with van der Waals surface area (Å²) in [5.41, 5.74) is -0.211. The second-order valence-corrected chi connectivity index (χ2v) is 10.7. The highest BCUT2D eigenvalue weighted by Gasteiger charge is 2.65. The van der Waals surface area contributed by atoms with Crippen molar-refractivity contribution in [3.05, 3.63) is 0 Å². The normalized spacial score (nSPS) is 25.2. The van der Waals surface area contributed by atoms with E-state index < -0.39 is 19.3 Å². The van der Waals surface area contributed by atoms with Gasteiger partial charge in [-0.15, -0.1) is 0 Å². The Balaban J connectivity index is 2.19. The van der Waals surface area contributed by atoms with Gasteiger partial charge in [0.05, 0.1) is 15.6 Å². The molecule has 0 radical (unpaired) electrons. The van der Waals surface area contributed by atoms with Crippen LogP contribution in [-0.4, -0.2) is 53.7 Å². The molecule has 0 aromatic carbocycles. The highest BCUT2D eigenvalue weighted by atomic mass is 32.2. The maximum atomic E-state index is 13.1. The third kappa shape index (κ3) is 2.24. The minimum atomic E-state index is -3.20. The quantitative estimate of drug-likeness (QED) is 0.851. The third-order valence-electron chi connectivity index (χ3n) is 4.86. The van der Waals surface area contributed by atoms with Crippen molar-refractivity contribution in [3.63, 3.8) is 0 Å². The van der Waals surface area contributed by atoms with Gasteiger partial charge in [-0.05, 0) is 32.1 Å². The molecule has 0 aromatic rings. The molecule has 5 heteroatoms. The zero-order valence-corrected chi connectivity index (χ0v) is 13.5. The van der Waals surface area contributed by atoms with E-state index in [1.807, 2.05) is 39.5 Å². The molecule has 1 aliphatic carbocycles. The predicted octanol–water partition coefficient (Wildman–Crippen LogP) is 1.43. The largest absolute Gasteiger partial charge is 0.390 e. The highest BCUT2D eigenvalue weighted by molar-refractivity contribution is 7.94. The van der Waals surface area contributed by atoms with Crippen molar-refractivity contribution in [1.82, 2.24) is 4.90 Å². The fraction of sp³-hybridized carbons (Fsp3) is 1.00. The number of aliphatic hydroxyl groups is 1. The maximum Gasteiger partial charge on any atom is 0.162 e.